The Labute approximate surface area is 112 Å². The molecule has 6 heteroatoms. The molecule has 1 rings (SSSR count). The number of furan rings is 1. The summed E-state index contributed by atoms with van der Waals surface area (Å²) in [6.07, 6.45) is 0.303. The third-order valence-corrected chi connectivity index (χ3v) is 2.48. The van der Waals surface area contributed by atoms with E-state index in [2.05, 4.69) is 10.1 Å². The van der Waals surface area contributed by atoms with E-state index in [9.17, 15) is 9.59 Å². The van der Waals surface area contributed by atoms with Gasteiger partial charge in [-0.1, -0.05) is 0 Å². The van der Waals surface area contributed by atoms with Gasteiger partial charge in [-0.05, 0) is 19.9 Å². The van der Waals surface area contributed by atoms with E-state index < -0.39 is 5.97 Å². The minimum absolute atomic E-state index is 0.235. The first-order chi connectivity index (χ1) is 9.08. The van der Waals surface area contributed by atoms with Crippen molar-refractivity contribution in [3.8, 4) is 0 Å². The van der Waals surface area contributed by atoms with Crippen LogP contribution in [0.2, 0.25) is 0 Å². The molecule has 0 amide bonds. The molecule has 1 heterocycles. The van der Waals surface area contributed by atoms with Crippen LogP contribution in [0, 0.1) is 6.92 Å². The molecule has 6 nitrogen and oxygen atoms in total. The van der Waals surface area contributed by atoms with Gasteiger partial charge in [-0.25, -0.2) is 4.79 Å². The van der Waals surface area contributed by atoms with Gasteiger partial charge in [0.25, 0.3) is 0 Å². The van der Waals surface area contributed by atoms with Gasteiger partial charge in [0.2, 0.25) is 0 Å². The first kappa shape index (κ1) is 15.2. The van der Waals surface area contributed by atoms with E-state index in [1.165, 1.54) is 7.11 Å². The molecule has 0 unspecified atom stereocenters. The van der Waals surface area contributed by atoms with Crippen LogP contribution in [-0.4, -0.2) is 32.2 Å². The second-order valence-electron chi connectivity index (χ2n) is 3.91. The lowest BCUT2D eigenvalue weighted by Gasteiger charge is -2.02. The maximum absolute atomic E-state index is 11.4. The molecule has 0 saturated carbocycles. The molecule has 0 radical (unpaired) electrons. The highest BCUT2D eigenvalue weighted by Crippen LogP contribution is 2.15. The number of ether oxygens (including phenoxy) is 2. The van der Waals surface area contributed by atoms with E-state index in [-0.39, 0.29) is 5.97 Å². The van der Waals surface area contributed by atoms with Crippen molar-refractivity contribution >= 4 is 11.9 Å². The summed E-state index contributed by atoms with van der Waals surface area (Å²) >= 11 is 0. The van der Waals surface area contributed by atoms with Crippen LogP contribution in [0.1, 0.15) is 35.2 Å². The van der Waals surface area contributed by atoms with Gasteiger partial charge in [0.1, 0.15) is 17.1 Å². The number of methoxy groups -OCH3 is 1. The molecule has 0 aliphatic rings. The molecule has 106 valence electrons. The van der Waals surface area contributed by atoms with E-state index in [4.69, 9.17) is 9.15 Å². The number of carbonyl (C=O) groups excluding carboxylic acids is 2. The Morgan fingerprint density at radius 2 is 2.16 bits per heavy atom. The van der Waals surface area contributed by atoms with Crippen molar-refractivity contribution in [2.24, 2.45) is 0 Å². The standard InChI is InChI=1S/C13H19NO5/c1-4-18-12(15)5-6-14-8-10-7-11(9(2)19-10)13(16)17-3/h7,14H,4-6,8H2,1-3H3. The lowest BCUT2D eigenvalue weighted by Crippen LogP contribution is -2.18. The fourth-order valence-electron chi connectivity index (χ4n) is 1.58. The fourth-order valence-corrected chi connectivity index (χ4v) is 1.58. The van der Waals surface area contributed by atoms with Crippen molar-refractivity contribution in [3.05, 3.63) is 23.2 Å². The second-order valence-corrected chi connectivity index (χ2v) is 3.91. The van der Waals surface area contributed by atoms with Crippen LogP contribution in [0.25, 0.3) is 0 Å². The molecule has 1 aromatic heterocycles. The van der Waals surface area contributed by atoms with Crippen molar-refractivity contribution in [2.75, 3.05) is 20.3 Å². The molecule has 0 aliphatic carbocycles. The summed E-state index contributed by atoms with van der Waals surface area (Å²) in [5, 5.41) is 3.04. The fraction of sp³-hybridized carbons (Fsp3) is 0.538. The SMILES string of the molecule is CCOC(=O)CCNCc1cc(C(=O)OC)c(C)o1. The van der Waals surface area contributed by atoms with E-state index in [1.807, 2.05) is 0 Å². The Morgan fingerprint density at radius 3 is 2.79 bits per heavy atom. The predicted octanol–water partition coefficient (Wildman–Crippen LogP) is 1.42. The summed E-state index contributed by atoms with van der Waals surface area (Å²) in [4.78, 5) is 22.5. The van der Waals surface area contributed by atoms with E-state index in [1.54, 1.807) is 19.9 Å². The van der Waals surface area contributed by atoms with Crippen molar-refractivity contribution < 1.29 is 23.5 Å². The molecule has 1 aromatic rings. The summed E-state index contributed by atoms with van der Waals surface area (Å²) in [7, 11) is 1.33. The van der Waals surface area contributed by atoms with Gasteiger partial charge in [0.05, 0.1) is 26.7 Å². The van der Waals surface area contributed by atoms with Crippen LogP contribution in [0.5, 0.6) is 0 Å². The summed E-state index contributed by atoms with van der Waals surface area (Å²) in [5.74, 6) is 0.496. The largest absolute Gasteiger partial charge is 0.466 e. The summed E-state index contributed by atoms with van der Waals surface area (Å²) in [6, 6.07) is 1.64. The van der Waals surface area contributed by atoms with Crippen molar-refractivity contribution in [3.63, 3.8) is 0 Å². The minimum atomic E-state index is -0.418. The number of aryl methyl sites for hydroxylation is 1. The average Bonchev–Trinajstić information content (AvgIpc) is 2.75. The third-order valence-electron chi connectivity index (χ3n) is 2.48. The molecular formula is C13H19NO5. The van der Waals surface area contributed by atoms with Gasteiger partial charge in [-0.3, -0.25) is 4.79 Å². The first-order valence-electron chi connectivity index (χ1n) is 6.12. The van der Waals surface area contributed by atoms with Gasteiger partial charge >= 0.3 is 11.9 Å². The Balaban J connectivity index is 2.38. The monoisotopic (exact) mass is 269 g/mol. The van der Waals surface area contributed by atoms with Crippen LogP contribution in [0.3, 0.4) is 0 Å². The average molecular weight is 269 g/mol. The molecule has 0 aliphatic heterocycles. The zero-order valence-electron chi connectivity index (χ0n) is 11.4. The van der Waals surface area contributed by atoms with Crippen LogP contribution in [0.4, 0.5) is 0 Å². The molecule has 0 spiro atoms. The summed E-state index contributed by atoms with van der Waals surface area (Å²) in [5.41, 5.74) is 0.421. The van der Waals surface area contributed by atoms with Crippen LogP contribution in [0.15, 0.2) is 10.5 Å². The normalized spacial score (nSPS) is 10.3. The second kappa shape index (κ2) is 7.58. The van der Waals surface area contributed by atoms with Crippen molar-refractivity contribution in [1.29, 1.82) is 0 Å². The quantitative estimate of drug-likeness (QED) is 0.596. The lowest BCUT2D eigenvalue weighted by atomic mass is 10.2. The maximum Gasteiger partial charge on any atom is 0.341 e. The number of hydrogen-bond donors (Lipinski definition) is 1. The highest BCUT2D eigenvalue weighted by Gasteiger charge is 2.14. The first-order valence-corrected chi connectivity index (χ1v) is 6.12. The highest BCUT2D eigenvalue weighted by molar-refractivity contribution is 5.90. The minimum Gasteiger partial charge on any atom is -0.466 e. The molecule has 0 aromatic carbocycles. The number of rotatable bonds is 7. The molecule has 19 heavy (non-hydrogen) atoms. The Kier molecular flexibility index (Phi) is 6.08. The topological polar surface area (TPSA) is 77.8 Å². The molecule has 0 fully saturated rings. The van der Waals surface area contributed by atoms with Gasteiger partial charge in [-0.15, -0.1) is 0 Å². The van der Waals surface area contributed by atoms with E-state index in [0.29, 0.717) is 43.2 Å². The van der Waals surface area contributed by atoms with Gasteiger partial charge in [0.15, 0.2) is 0 Å². The van der Waals surface area contributed by atoms with E-state index >= 15 is 0 Å². The zero-order chi connectivity index (χ0) is 14.3. The summed E-state index contributed by atoms with van der Waals surface area (Å²) < 4.78 is 14.8. The third kappa shape index (κ3) is 4.75. The van der Waals surface area contributed by atoms with E-state index in [0.717, 1.165) is 0 Å². The Morgan fingerprint density at radius 1 is 1.42 bits per heavy atom. The molecule has 0 saturated heterocycles. The van der Waals surface area contributed by atoms with Crippen LogP contribution >= 0.6 is 0 Å². The summed E-state index contributed by atoms with van der Waals surface area (Å²) in [6.45, 7) is 4.79. The number of esters is 2. The maximum atomic E-state index is 11.4. The molecular weight excluding hydrogens is 250 g/mol. The van der Waals surface area contributed by atoms with Crippen LogP contribution < -0.4 is 5.32 Å². The van der Waals surface area contributed by atoms with Crippen molar-refractivity contribution in [1.82, 2.24) is 5.32 Å². The van der Waals surface area contributed by atoms with Gasteiger partial charge in [-0.2, -0.15) is 0 Å². The number of carbonyl (C=O) groups is 2. The molecule has 1 N–H and O–H groups in total. The molecule has 0 atom stereocenters. The zero-order valence-corrected chi connectivity index (χ0v) is 11.4. The Bertz CT molecular complexity index is 438. The predicted molar refractivity (Wildman–Crippen MR) is 67.7 cm³/mol. The lowest BCUT2D eigenvalue weighted by molar-refractivity contribution is -0.142. The van der Waals surface area contributed by atoms with Crippen LogP contribution in [-0.2, 0) is 20.8 Å². The van der Waals surface area contributed by atoms with Crippen molar-refractivity contribution in [2.45, 2.75) is 26.8 Å². The number of hydrogen-bond acceptors (Lipinski definition) is 6. The molecule has 0 bridgehead atoms. The van der Waals surface area contributed by atoms with Gasteiger partial charge < -0.3 is 19.2 Å². The highest BCUT2D eigenvalue weighted by atomic mass is 16.5. The Hall–Kier alpha value is -1.82. The smallest absolute Gasteiger partial charge is 0.341 e. The number of nitrogens with one attached hydrogen (secondary N) is 1. The van der Waals surface area contributed by atoms with Gasteiger partial charge in [0, 0.05) is 6.54 Å².